The third-order valence-electron chi connectivity index (χ3n) is 5.58. The van der Waals surface area contributed by atoms with Gasteiger partial charge in [-0.1, -0.05) is 12.1 Å². The zero-order valence-electron chi connectivity index (χ0n) is 15.5. The molecular weight excluding hydrogens is 342 g/mol. The van der Waals surface area contributed by atoms with E-state index in [0.29, 0.717) is 24.8 Å². The van der Waals surface area contributed by atoms with Gasteiger partial charge in [0.05, 0.1) is 0 Å². The first kappa shape index (κ1) is 18.2. The van der Waals surface area contributed by atoms with Crippen molar-refractivity contribution in [3.05, 3.63) is 46.8 Å². The van der Waals surface area contributed by atoms with Crippen LogP contribution in [0.15, 0.2) is 24.3 Å². The number of carbonyl (C=O) groups is 1. The molecule has 1 amide bonds. The van der Waals surface area contributed by atoms with Gasteiger partial charge >= 0.3 is 0 Å². The van der Waals surface area contributed by atoms with Gasteiger partial charge in [-0.2, -0.15) is 5.10 Å². The van der Waals surface area contributed by atoms with Gasteiger partial charge in [-0.25, -0.2) is 0 Å². The lowest BCUT2D eigenvalue weighted by Gasteiger charge is -2.31. The molecule has 7 nitrogen and oxygen atoms in total. The second-order valence-corrected chi connectivity index (χ2v) is 7.51. The molecule has 0 atom stereocenters. The monoisotopic (exact) mass is 369 g/mol. The predicted octanol–water partition coefficient (Wildman–Crippen LogP) is 1.51. The number of carbonyl (C=O) groups excluding carboxylic acids is 1. The molecule has 1 fully saturated rings. The van der Waals surface area contributed by atoms with Crippen LogP contribution in [0.3, 0.4) is 0 Å². The summed E-state index contributed by atoms with van der Waals surface area (Å²) in [6.45, 7) is 4.76. The van der Waals surface area contributed by atoms with Crippen LogP contribution in [0.2, 0.25) is 0 Å². The summed E-state index contributed by atoms with van der Waals surface area (Å²) in [5, 5.41) is 22.8. The molecule has 1 aromatic heterocycles. The first-order valence-electron chi connectivity index (χ1n) is 9.73. The number of rotatable bonds is 5. The summed E-state index contributed by atoms with van der Waals surface area (Å²) in [6, 6.07) is 8.02. The van der Waals surface area contributed by atoms with Crippen molar-refractivity contribution in [2.75, 3.05) is 31.6 Å². The molecule has 0 unspecified atom stereocenters. The van der Waals surface area contributed by atoms with Crippen LogP contribution in [0.1, 0.15) is 40.2 Å². The Morgan fingerprint density at radius 3 is 3.00 bits per heavy atom. The number of likely N-dealkylation sites (tertiary alicyclic amines) is 1. The lowest BCUT2D eigenvalue weighted by Crippen LogP contribution is -2.34. The van der Waals surface area contributed by atoms with E-state index in [1.54, 1.807) is 0 Å². The van der Waals surface area contributed by atoms with Crippen molar-refractivity contribution in [3.8, 4) is 0 Å². The molecule has 0 saturated carbocycles. The van der Waals surface area contributed by atoms with E-state index in [4.69, 9.17) is 0 Å². The van der Waals surface area contributed by atoms with Crippen molar-refractivity contribution in [1.82, 2.24) is 20.4 Å². The van der Waals surface area contributed by atoms with E-state index in [-0.39, 0.29) is 5.91 Å². The minimum atomic E-state index is -0.169. The molecule has 2 aliphatic heterocycles. The zero-order valence-corrected chi connectivity index (χ0v) is 15.5. The van der Waals surface area contributed by atoms with E-state index in [1.807, 2.05) is 18.2 Å². The maximum absolute atomic E-state index is 12.7. The second-order valence-electron chi connectivity index (χ2n) is 7.51. The SMILES string of the molecule is O=C(Nc1cccc(CN2CCC(CO)CC2)c1)c1n[nH]c2c1CNCC2. The van der Waals surface area contributed by atoms with Gasteiger partial charge in [0.25, 0.3) is 5.91 Å². The van der Waals surface area contributed by atoms with Crippen molar-refractivity contribution in [1.29, 1.82) is 0 Å². The Balaban J connectivity index is 1.39. The molecule has 0 bridgehead atoms. The molecule has 1 saturated heterocycles. The zero-order chi connectivity index (χ0) is 18.6. The van der Waals surface area contributed by atoms with Crippen molar-refractivity contribution in [3.63, 3.8) is 0 Å². The van der Waals surface area contributed by atoms with E-state index in [0.717, 1.165) is 62.4 Å². The summed E-state index contributed by atoms with van der Waals surface area (Å²) in [5.41, 5.74) is 4.48. The number of aliphatic hydroxyl groups is 1. The number of aromatic nitrogens is 2. The number of benzene rings is 1. The third kappa shape index (κ3) is 4.21. The Bertz CT molecular complexity index is 795. The van der Waals surface area contributed by atoms with Gasteiger partial charge in [-0.15, -0.1) is 0 Å². The Morgan fingerprint density at radius 1 is 1.33 bits per heavy atom. The number of hydrogen-bond donors (Lipinski definition) is 4. The van der Waals surface area contributed by atoms with E-state index < -0.39 is 0 Å². The molecule has 144 valence electrons. The largest absolute Gasteiger partial charge is 0.396 e. The van der Waals surface area contributed by atoms with Gasteiger partial charge in [0.15, 0.2) is 5.69 Å². The lowest BCUT2D eigenvalue weighted by atomic mass is 9.97. The molecule has 2 aliphatic rings. The van der Waals surface area contributed by atoms with E-state index >= 15 is 0 Å². The number of fused-ring (bicyclic) bond motifs is 1. The maximum atomic E-state index is 12.7. The Kier molecular flexibility index (Phi) is 5.52. The van der Waals surface area contributed by atoms with Crippen molar-refractivity contribution >= 4 is 11.6 Å². The second kappa shape index (κ2) is 8.21. The fourth-order valence-electron chi connectivity index (χ4n) is 3.94. The third-order valence-corrected chi connectivity index (χ3v) is 5.58. The molecule has 0 aliphatic carbocycles. The molecule has 1 aromatic carbocycles. The van der Waals surface area contributed by atoms with Crippen LogP contribution in [-0.2, 0) is 19.5 Å². The quantitative estimate of drug-likeness (QED) is 0.641. The summed E-state index contributed by atoms with van der Waals surface area (Å²) in [5.74, 6) is 0.276. The Labute approximate surface area is 159 Å². The fourth-order valence-corrected chi connectivity index (χ4v) is 3.94. The standard InChI is InChI=1S/C20H27N5O2/c26-13-14-5-8-25(9-6-14)12-15-2-1-3-16(10-15)22-20(27)19-17-11-21-7-4-18(17)23-24-19/h1-3,10,14,21,26H,4-9,11-13H2,(H,22,27)(H,23,24). The average molecular weight is 369 g/mol. The number of nitrogens with zero attached hydrogens (tertiary/aromatic N) is 2. The Hall–Kier alpha value is -2.22. The van der Waals surface area contributed by atoms with Gasteiger partial charge in [0.2, 0.25) is 0 Å². The van der Waals surface area contributed by atoms with Crippen molar-refractivity contribution in [2.45, 2.75) is 32.4 Å². The van der Waals surface area contributed by atoms with Gasteiger partial charge in [0, 0.05) is 49.6 Å². The summed E-state index contributed by atoms with van der Waals surface area (Å²) < 4.78 is 0. The molecule has 3 heterocycles. The molecule has 2 aromatic rings. The van der Waals surface area contributed by atoms with Crippen molar-refractivity contribution in [2.24, 2.45) is 5.92 Å². The van der Waals surface area contributed by atoms with Crippen LogP contribution in [0.25, 0.3) is 0 Å². The molecule has 27 heavy (non-hydrogen) atoms. The topological polar surface area (TPSA) is 93.3 Å². The number of amides is 1. The summed E-state index contributed by atoms with van der Waals surface area (Å²) in [7, 11) is 0. The van der Waals surface area contributed by atoms with Crippen LogP contribution < -0.4 is 10.6 Å². The summed E-state index contributed by atoms with van der Waals surface area (Å²) in [6.07, 6.45) is 2.97. The van der Waals surface area contributed by atoms with E-state index in [2.05, 4.69) is 31.8 Å². The molecular formula is C20H27N5O2. The predicted molar refractivity (Wildman–Crippen MR) is 103 cm³/mol. The maximum Gasteiger partial charge on any atom is 0.276 e. The highest BCUT2D eigenvalue weighted by atomic mass is 16.3. The van der Waals surface area contributed by atoms with Gasteiger partial charge in [-0.3, -0.25) is 14.8 Å². The summed E-state index contributed by atoms with van der Waals surface area (Å²) >= 11 is 0. The van der Waals surface area contributed by atoms with Crippen LogP contribution in [0, 0.1) is 5.92 Å². The van der Waals surface area contributed by atoms with Gasteiger partial charge in [-0.05, 0) is 49.5 Å². The molecule has 4 rings (SSSR count). The van der Waals surface area contributed by atoms with Gasteiger partial charge in [0.1, 0.15) is 0 Å². The number of aromatic amines is 1. The number of nitrogens with one attached hydrogen (secondary N) is 3. The smallest absolute Gasteiger partial charge is 0.276 e. The van der Waals surface area contributed by atoms with Crippen LogP contribution in [0.5, 0.6) is 0 Å². The minimum Gasteiger partial charge on any atom is -0.396 e. The van der Waals surface area contributed by atoms with Crippen LogP contribution >= 0.6 is 0 Å². The number of aliphatic hydroxyl groups excluding tert-OH is 1. The number of hydrogen-bond acceptors (Lipinski definition) is 5. The fraction of sp³-hybridized carbons (Fsp3) is 0.500. The summed E-state index contributed by atoms with van der Waals surface area (Å²) in [4.78, 5) is 15.1. The number of H-pyrrole nitrogens is 1. The highest BCUT2D eigenvalue weighted by Gasteiger charge is 2.22. The van der Waals surface area contributed by atoms with E-state index in [9.17, 15) is 9.90 Å². The molecule has 4 N–H and O–H groups in total. The van der Waals surface area contributed by atoms with Crippen LogP contribution in [0.4, 0.5) is 5.69 Å². The van der Waals surface area contributed by atoms with Crippen LogP contribution in [-0.4, -0.2) is 52.4 Å². The normalized spacial score (nSPS) is 18.3. The number of piperidine rings is 1. The van der Waals surface area contributed by atoms with Crippen molar-refractivity contribution < 1.29 is 9.90 Å². The highest BCUT2D eigenvalue weighted by molar-refractivity contribution is 6.04. The molecule has 0 spiro atoms. The minimum absolute atomic E-state index is 0.169. The molecule has 0 radical (unpaired) electrons. The number of anilines is 1. The van der Waals surface area contributed by atoms with Gasteiger partial charge < -0.3 is 15.7 Å². The first-order chi connectivity index (χ1) is 13.2. The van der Waals surface area contributed by atoms with E-state index in [1.165, 1.54) is 5.56 Å². The molecule has 7 heteroatoms. The first-order valence-corrected chi connectivity index (χ1v) is 9.73. The lowest BCUT2D eigenvalue weighted by molar-refractivity contribution is 0.102. The highest BCUT2D eigenvalue weighted by Crippen LogP contribution is 2.21. The Morgan fingerprint density at radius 2 is 2.19 bits per heavy atom. The average Bonchev–Trinajstić information content (AvgIpc) is 3.13.